The van der Waals surface area contributed by atoms with Gasteiger partial charge in [0.2, 0.25) is 10.0 Å². The number of benzene rings is 1. The van der Waals surface area contributed by atoms with Crippen LogP contribution in [0.3, 0.4) is 0 Å². The summed E-state index contributed by atoms with van der Waals surface area (Å²) in [6.07, 6.45) is 2.29. The Morgan fingerprint density at radius 1 is 1.15 bits per heavy atom. The van der Waals surface area contributed by atoms with Gasteiger partial charge in [0.05, 0.1) is 10.9 Å². The molecule has 7 nitrogen and oxygen atoms in total. The molecular weight excluding hydrogens is 369 g/mol. The molecule has 0 saturated carbocycles. The van der Waals surface area contributed by atoms with Gasteiger partial charge in [0.1, 0.15) is 11.6 Å². The maximum Gasteiger partial charge on any atom is 0.244 e. The van der Waals surface area contributed by atoms with Crippen LogP contribution in [0.4, 0.5) is 4.39 Å². The molecule has 0 aliphatic carbocycles. The Hall–Kier alpha value is -1.84. The summed E-state index contributed by atoms with van der Waals surface area (Å²) in [5.41, 5.74) is 0.419. The number of likely N-dealkylation sites (N-methyl/N-ethyl adjacent to an activating group) is 1. The quantitative estimate of drug-likeness (QED) is 0.794. The van der Waals surface area contributed by atoms with Crippen molar-refractivity contribution in [2.45, 2.75) is 43.7 Å². The van der Waals surface area contributed by atoms with E-state index in [2.05, 4.69) is 26.7 Å². The van der Waals surface area contributed by atoms with Crippen molar-refractivity contribution < 1.29 is 12.8 Å². The third-order valence-electron chi connectivity index (χ3n) is 5.50. The predicted molar refractivity (Wildman–Crippen MR) is 98.2 cm³/mol. The molecule has 2 aliphatic rings. The number of fused-ring (bicyclic) bond motifs is 1. The molecule has 4 rings (SSSR count). The molecule has 1 fully saturated rings. The second-order valence-corrected chi connectivity index (χ2v) is 9.22. The summed E-state index contributed by atoms with van der Waals surface area (Å²) in [5.74, 6) is 1.20. The Bertz CT molecular complexity index is 959. The van der Waals surface area contributed by atoms with Gasteiger partial charge in [-0.15, -0.1) is 10.2 Å². The minimum Gasteiger partial charge on any atom is -0.312 e. The van der Waals surface area contributed by atoms with Gasteiger partial charge in [-0.3, -0.25) is 0 Å². The first-order valence-electron chi connectivity index (χ1n) is 9.26. The van der Waals surface area contributed by atoms with E-state index < -0.39 is 15.8 Å². The molecule has 1 saturated heterocycles. The van der Waals surface area contributed by atoms with E-state index in [4.69, 9.17) is 0 Å². The van der Waals surface area contributed by atoms with Crippen molar-refractivity contribution >= 4 is 10.0 Å². The lowest BCUT2D eigenvalue weighted by Gasteiger charge is -2.25. The van der Waals surface area contributed by atoms with Crippen LogP contribution in [0.5, 0.6) is 0 Å². The van der Waals surface area contributed by atoms with Crippen molar-refractivity contribution in [2.24, 2.45) is 0 Å². The van der Waals surface area contributed by atoms with Crippen molar-refractivity contribution in [3.8, 4) is 0 Å². The maximum atomic E-state index is 13.4. The minimum atomic E-state index is -3.73. The van der Waals surface area contributed by atoms with Crippen LogP contribution in [0.25, 0.3) is 0 Å². The van der Waals surface area contributed by atoms with Crippen molar-refractivity contribution in [3.05, 3.63) is 41.2 Å². The highest BCUT2D eigenvalue weighted by atomic mass is 32.2. The molecule has 0 bridgehead atoms. The summed E-state index contributed by atoms with van der Waals surface area (Å²) in [4.78, 5) is 2.40. The lowest BCUT2D eigenvalue weighted by atomic mass is 10.2. The molecule has 2 aliphatic heterocycles. The second kappa shape index (κ2) is 6.96. The van der Waals surface area contributed by atoms with Gasteiger partial charge in [0.25, 0.3) is 0 Å². The number of rotatable bonds is 3. The Kier molecular flexibility index (Phi) is 4.77. The fourth-order valence-electron chi connectivity index (χ4n) is 4.01. The van der Waals surface area contributed by atoms with Crippen molar-refractivity contribution in [1.29, 1.82) is 0 Å². The number of aromatic nitrogens is 3. The number of aryl methyl sites for hydroxylation is 1. The van der Waals surface area contributed by atoms with Gasteiger partial charge in [-0.1, -0.05) is 0 Å². The molecule has 3 heterocycles. The standard InChI is InChI=1S/C18H24FN5O2S/c1-13-12-14(19)5-6-16(13)27(25,26)24-8-3-4-15(24)18-21-20-17-7-9-22(2)10-11-23(17)18/h5-6,12,15H,3-4,7-11H2,1-2H3/t15-/m0/s1. The monoisotopic (exact) mass is 393 g/mol. The predicted octanol–water partition coefficient (Wildman–Crippen LogP) is 1.74. The number of nitrogens with zero attached hydrogens (tertiary/aromatic N) is 5. The molecule has 1 aromatic heterocycles. The number of hydrogen-bond acceptors (Lipinski definition) is 5. The summed E-state index contributed by atoms with van der Waals surface area (Å²) in [7, 11) is -1.66. The second-order valence-electron chi connectivity index (χ2n) is 7.36. The highest BCUT2D eigenvalue weighted by Crippen LogP contribution is 2.37. The zero-order valence-corrected chi connectivity index (χ0v) is 16.4. The van der Waals surface area contributed by atoms with Gasteiger partial charge >= 0.3 is 0 Å². The number of hydrogen-bond donors (Lipinski definition) is 0. The fourth-order valence-corrected chi connectivity index (χ4v) is 5.87. The van der Waals surface area contributed by atoms with Crippen LogP contribution in [0.15, 0.2) is 23.1 Å². The van der Waals surface area contributed by atoms with Crippen LogP contribution in [0.1, 0.15) is 36.1 Å². The first-order valence-corrected chi connectivity index (χ1v) is 10.7. The smallest absolute Gasteiger partial charge is 0.244 e. The van der Waals surface area contributed by atoms with E-state index in [9.17, 15) is 12.8 Å². The SMILES string of the molecule is Cc1cc(F)ccc1S(=O)(=O)N1CCC[C@H]1c1nnc2n1CCN(C)CC2. The molecular formula is C18H24FN5O2S. The van der Waals surface area contributed by atoms with Crippen LogP contribution in [-0.2, 0) is 23.0 Å². The summed E-state index contributed by atoms with van der Waals surface area (Å²) in [6.45, 7) is 4.62. The maximum absolute atomic E-state index is 13.4. The van der Waals surface area contributed by atoms with Crippen molar-refractivity contribution in [2.75, 3.05) is 26.7 Å². The minimum absolute atomic E-state index is 0.158. The Morgan fingerprint density at radius 3 is 2.74 bits per heavy atom. The van der Waals surface area contributed by atoms with E-state index >= 15 is 0 Å². The molecule has 0 amide bonds. The normalized spacial score (nSPS) is 22.0. The van der Waals surface area contributed by atoms with Crippen LogP contribution >= 0.6 is 0 Å². The molecule has 146 valence electrons. The van der Waals surface area contributed by atoms with Crippen LogP contribution < -0.4 is 0 Å². The summed E-state index contributed by atoms with van der Waals surface area (Å²) >= 11 is 0. The molecule has 1 atom stereocenters. The molecule has 0 N–H and O–H groups in total. The summed E-state index contributed by atoms with van der Waals surface area (Å²) in [5, 5.41) is 8.70. The molecule has 27 heavy (non-hydrogen) atoms. The molecule has 0 spiro atoms. The molecule has 9 heteroatoms. The lowest BCUT2D eigenvalue weighted by Crippen LogP contribution is -2.33. The molecule has 0 radical (unpaired) electrons. The average molecular weight is 393 g/mol. The zero-order valence-electron chi connectivity index (χ0n) is 15.6. The van der Waals surface area contributed by atoms with E-state index in [-0.39, 0.29) is 10.9 Å². The molecule has 2 aromatic rings. The van der Waals surface area contributed by atoms with Crippen LogP contribution in [-0.4, -0.2) is 59.1 Å². The Morgan fingerprint density at radius 2 is 1.96 bits per heavy atom. The van der Waals surface area contributed by atoms with Crippen LogP contribution in [0.2, 0.25) is 0 Å². The largest absolute Gasteiger partial charge is 0.312 e. The fraction of sp³-hybridized carbons (Fsp3) is 0.556. The topological polar surface area (TPSA) is 71.3 Å². The van der Waals surface area contributed by atoms with Gasteiger partial charge < -0.3 is 9.47 Å². The Labute approximate surface area is 158 Å². The highest BCUT2D eigenvalue weighted by Gasteiger charge is 2.40. The number of halogens is 1. The third-order valence-corrected chi connectivity index (χ3v) is 7.57. The van der Waals surface area contributed by atoms with E-state index in [1.807, 2.05) is 0 Å². The summed E-state index contributed by atoms with van der Waals surface area (Å²) in [6, 6.07) is 3.49. The highest BCUT2D eigenvalue weighted by molar-refractivity contribution is 7.89. The molecule has 0 unspecified atom stereocenters. The lowest BCUT2D eigenvalue weighted by molar-refractivity contribution is 0.330. The zero-order chi connectivity index (χ0) is 19.2. The van der Waals surface area contributed by atoms with Gasteiger partial charge in [-0.05, 0) is 50.6 Å². The van der Waals surface area contributed by atoms with E-state index in [1.54, 1.807) is 6.92 Å². The van der Waals surface area contributed by atoms with E-state index in [1.165, 1.54) is 22.5 Å². The molecule has 1 aromatic carbocycles. The Balaban J connectivity index is 1.70. The van der Waals surface area contributed by atoms with Gasteiger partial charge in [0, 0.05) is 32.6 Å². The first-order chi connectivity index (χ1) is 12.9. The van der Waals surface area contributed by atoms with Gasteiger partial charge in [0.15, 0.2) is 5.82 Å². The van der Waals surface area contributed by atoms with Gasteiger partial charge in [-0.2, -0.15) is 4.31 Å². The van der Waals surface area contributed by atoms with E-state index in [0.717, 1.165) is 44.1 Å². The van der Waals surface area contributed by atoms with E-state index in [0.29, 0.717) is 18.5 Å². The van der Waals surface area contributed by atoms with Crippen LogP contribution in [0, 0.1) is 12.7 Å². The van der Waals surface area contributed by atoms with Gasteiger partial charge in [-0.25, -0.2) is 12.8 Å². The summed E-state index contributed by atoms with van der Waals surface area (Å²) < 4.78 is 43.6. The first kappa shape index (κ1) is 18.5. The number of sulfonamides is 1. The van der Waals surface area contributed by atoms with Crippen molar-refractivity contribution in [1.82, 2.24) is 24.0 Å². The average Bonchev–Trinajstić information content (AvgIpc) is 3.20. The third kappa shape index (κ3) is 3.28. The van der Waals surface area contributed by atoms with Crippen molar-refractivity contribution in [3.63, 3.8) is 0 Å².